The van der Waals surface area contributed by atoms with E-state index in [4.69, 9.17) is 14.6 Å². The Bertz CT molecular complexity index is 4190. The van der Waals surface area contributed by atoms with Gasteiger partial charge in [-0.15, -0.1) is 15.3 Å². The average molecular weight is 1510 g/mol. The Morgan fingerprint density at radius 1 is 0.447 bits per heavy atom. The van der Waals surface area contributed by atoms with Crippen LogP contribution in [0.25, 0.3) is 0 Å². The summed E-state index contributed by atoms with van der Waals surface area (Å²) in [4.78, 5) is 22.6. The van der Waals surface area contributed by atoms with Crippen molar-refractivity contribution in [2.75, 3.05) is 133 Å². The van der Waals surface area contributed by atoms with Crippen molar-refractivity contribution in [1.82, 2.24) is 64.3 Å². The van der Waals surface area contributed by atoms with E-state index in [9.17, 15) is 25.3 Å². The maximum atomic E-state index is 13.6. The molecule has 0 amide bonds. The van der Waals surface area contributed by atoms with Gasteiger partial charge in [-0.25, -0.2) is 39.7 Å². The van der Waals surface area contributed by atoms with Crippen molar-refractivity contribution in [3.05, 3.63) is 85.0 Å². The van der Waals surface area contributed by atoms with Crippen LogP contribution >= 0.6 is 0 Å². The second-order valence-electron chi connectivity index (χ2n) is 32.2. The first-order chi connectivity index (χ1) is 49.3. The zero-order valence-corrected chi connectivity index (χ0v) is 67.0. The highest BCUT2D eigenvalue weighted by atomic mass is 32.2. The number of likely N-dealkylation sites (N-methyl/N-ethyl adjacent to an activating group) is 2. The van der Waals surface area contributed by atoms with Gasteiger partial charge >= 0.3 is 0 Å². The van der Waals surface area contributed by atoms with E-state index in [-0.39, 0.29) is 59.2 Å². The van der Waals surface area contributed by atoms with Gasteiger partial charge in [0, 0.05) is 105 Å². The summed E-state index contributed by atoms with van der Waals surface area (Å²) in [6.07, 6.45) is 21.2. The maximum Gasteiger partial charge on any atom is 0.249 e. The van der Waals surface area contributed by atoms with Crippen LogP contribution in [0.3, 0.4) is 0 Å². The first kappa shape index (κ1) is 77.1. The molecule has 5 heterocycles. The molecule has 566 valence electrons. The Morgan fingerprint density at radius 2 is 0.777 bits per heavy atom. The summed E-state index contributed by atoms with van der Waals surface area (Å²) < 4.78 is 93.1. The molecule has 0 atom stereocenters. The van der Waals surface area contributed by atoms with Crippen molar-refractivity contribution < 1.29 is 39.8 Å². The number of nitrogens with one attached hydrogen (secondary N) is 4. The highest BCUT2D eigenvalue weighted by Crippen LogP contribution is 2.43. The number of piperazine rings is 2. The molecule has 6 aliphatic carbocycles. The van der Waals surface area contributed by atoms with Gasteiger partial charge in [0.25, 0.3) is 0 Å². The molecule has 0 saturated carbocycles. The predicted octanol–water partition coefficient (Wildman–Crippen LogP) is 9.13. The lowest BCUT2D eigenvalue weighted by Crippen LogP contribution is -2.44. The van der Waals surface area contributed by atoms with E-state index in [0.717, 1.165) is 197 Å². The summed E-state index contributed by atoms with van der Waals surface area (Å²) in [5, 5.41) is 35.3. The van der Waals surface area contributed by atoms with E-state index in [0.29, 0.717) is 43.9 Å². The van der Waals surface area contributed by atoms with Crippen LogP contribution in [0.5, 0.6) is 0 Å². The highest BCUT2D eigenvalue weighted by molar-refractivity contribution is 7.91. The lowest BCUT2D eigenvalue weighted by molar-refractivity contribution is 0.0715. The number of aliphatic hydroxyl groups excluding tert-OH is 1. The first-order valence-corrected chi connectivity index (χ1v) is 50.5. The van der Waals surface area contributed by atoms with E-state index in [2.05, 4.69) is 142 Å². The molecule has 3 aromatic carbocycles. The third-order valence-corrected chi connectivity index (χ3v) is 30.1. The van der Waals surface area contributed by atoms with E-state index in [1.54, 1.807) is 0 Å². The third kappa shape index (κ3) is 19.8. The molecule has 6 aromatic rings. The van der Waals surface area contributed by atoms with Gasteiger partial charge in [0.05, 0.1) is 17.3 Å². The van der Waals surface area contributed by atoms with Gasteiger partial charge in [0.1, 0.15) is 13.5 Å². The third-order valence-electron chi connectivity index (χ3n) is 21.7. The molecule has 14 rings (SSSR count). The number of H-pyrrole nitrogens is 1. The molecule has 2 aliphatic heterocycles. The molecule has 0 radical (unpaired) electrons. The largest absolute Gasteiger partial charge is 0.396 e. The molecule has 0 bridgehead atoms. The summed E-state index contributed by atoms with van der Waals surface area (Å²) in [5.41, 5.74) is 19.9. The van der Waals surface area contributed by atoms with E-state index in [1.807, 2.05) is 0 Å². The smallest absolute Gasteiger partial charge is 0.249 e. The molecule has 2 fully saturated rings. The quantitative estimate of drug-likeness (QED) is 0.0207. The predicted molar refractivity (Wildman–Crippen MR) is 411 cm³/mol. The summed E-state index contributed by atoms with van der Waals surface area (Å²) in [7, 11) is -9.06. The Kier molecular flexibility index (Phi) is 25.3. The van der Waals surface area contributed by atoms with Crippen LogP contribution in [-0.4, -0.2) is 227 Å². The summed E-state index contributed by atoms with van der Waals surface area (Å²) in [5.74, 6) is 0.975. The van der Waals surface area contributed by atoms with Crippen molar-refractivity contribution in [3.63, 3.8) is 0 Å². The minimum atomic E-state index is -3.70. The number of aromatic nitrogens is 9. The number of nitrogens with zero attached hydrogens (tertiary/aromatic N) is 12. The van der Waals surface area contributed by atoms with Gasteiger partial charge in [-0.2, -0.15) is 15.0 Å². The Morgan fingerprint density at radius 3 is 1.12 bits per heavy atom. The number of rotatable bonds is 30. The SMILES string of the molecule is CN1CCN(CCCS(=O)(=O)c2nc(Nc3c4c(cc5c3CCC5)CCC4)n[nH]2)CC1.CN1CCN(CCCS(=O)(=O)c2nc(Nc3c4c(cc5c3CCC5)CCC4)nn2COCC[Si](C)(C)C)CC1.C[Si](C)(C)CCOCn1nc(Nc2c3c(cc4c2CCC4)CCC3)nc1S(=O)(=O)CCCO. The highest BCUT2D eigenvalue weighted by Gasteiger charge is 2.33. The van der Waals surface area contributed by atoms with Crippen LogP contribution in [0.4, 0.5) is 34.9 Å². The number of hydrogen-bond donors (Lipinski definition) is 5. The van der Waals surface area contributed by atoms with Crippen molar-refractivity contribution in [1.29, 1.82) is 0 Å². The van der Waals surface area contributed by atoms with Crippen LogP contribution < -0.4 is 16.0 Å². The molecule has 0 spiro atoms. The standard InChI is InChI=1S/C28H46N6O3SSi.C23H36N4O4SSi.C22H32N6O2S/c1-32-13-15-33(16-14-32)12-7-18-38(35,36)28-30-27(31-34(28)21-37-17-19-39(2,3)4)29-26-24-10-5-8-22(24)20-23-9-6-11-25(23)26;1-33(2,3)14-12-31-16-27-23(32(29,30)13-6-11-28)25-22(26-27)24-21-19-9-4-7-17(19)15-18-8-5-10-20(18)21;1-27-10-12-28(13-11-27)9-4-14-31(29,30)22-24-21(25-26-22)23-20-18-7-2-5-16(18)15-17-6-3-8-19(17)20/h20H,5-19,21H2,1-4H3,(H,29,31);15,28H,4-14,16H2,1-3H3,(H,24,26);15H,2-14H2,1H3,(H2,23,24,25,26). The molecular formula is C73H114N16O9S3Si2. The number of sulfone groups is 3. The van der Waals surface area contributed by atoms with Gasteiger partial charge in [0.15, 0.2) is 0 Å². The van der Waals surface area contributed by atoms with Crippen molar-refractivity contribution in [2.45, 2.75) is 215 Å². The molecule has 2 saturated heterocycles. The van der Waals surface area contributed by atoms with Crippen LogP contribution in [0.15, 0.2) is 33.7 Å². The molecule has 103 heavy (non-hydrogen) atoms. The number of ether oxygens (including phenoxy) is 2. The molecule has 8 aliphatic rings. The molecule has 25 nitrogen and oxygen atoms in total. The van der Waals surface area contributed by atoms with Crippen LogP contribution in [0, 0.1) is 0 Å². The Hall–Kier alpha value is -5.52. The molecular weight excluding hydrogens is 1400 g/mol. The van der Waals surface area contributed by atoms with Crippen LogP contribution in [-0.2, 0) is 129 Å². The van der Waals surface area contributed by atoms with Gasteiger partial charge in [-0.1, -0.05) is 57.5 Å². The number of aliphatic hydroxyl groups is 1. The van der Waals surface area contributed by atoms with Gasteiger partial charge in [-0.05, 0) is 241 Å². The Labute approximate surface area is 613 Å². The van der Waals surface area contributed by atoms with Gasteiger partial charge < -0.3 is 50.1 Å². The number of aryl methyl sites for hydroxylation is 6. The van der Waals surface area contributed by atoms with E-state index >= 15 is 0 Å². The zero-order chi connectivity index (χ0) is 72.7. The second-order valence-corrected chi connectivity index (χ2v) is 49.5. The fourth-order valence-electron chi connectivity index (χ4n) is 15.8. The lowest BCUT2D eigenvalue weighted by Gasteiger charge is -2.32. The van der Waals surface area contributed by atoms with E-state index < -0.39 is 45.7 Å². The monoisotopic (exact) mass is 1510 g/mol. The summed E-state index contributed by atoms with van der Waals surface area (Å²) in [6.45, 7) is 24.5. The topological polar surface area (TPSA) is 293 Å². The number of aromatic amines is 1. The second kappa shape index (κ2) is 33.7. The van der Waals surface area contributed by atoms with Crippen molar-refractivity contribution in [3.8, 4) is 0 Å². The minimum Gasteiger partial charge on any atom is -0.396 e. The number of benzene rings is 3. The molecule has 0 unspecified atom stereocenters. The molecule has 5 N–H and O–H groups in total. The average Bonchev–Trinajstić information content (AvgIpc) is 1.64. The summed E-state index contributed by atoms with van der Waals surface area (Å²) >= 11 is 0. The number of fused-ring (bicyclic) bond motifs is 6. The van der Waals surface area contributed by atoms with E-state index in [1.165, 1.54) is 89.0 Å². The fourth-order valence-corrected chi connectivity index (χ4v) is 21.1. The number of hydrogen-bond acceptors (Lipinski definition) is 22. The number of anilines is 6. The van der Waals surface area contributed by atoms with Crippen molar-refractivity contribution >= 4 is 80.6 Å². The van der Waals surface area contributed by atoms with Crippen LogP contribution in [0.1, 0.15) is 125 Å². The molecule has 30 heteroatoms. The maximum absolute atomic E-state index is 13.6. The lowest BCUT2D eigenvalue weighted by atomic mass is 9.99. The van der Waals surface area contributed by atoms with Crippen LogP contribution in [0.2, 0.25) is 51.4 Å². The Balaban J connectivity index is 0.000000147. The fraction of sp³-hybridized carbons (Fsp3) is 0.671. The van der Waals surface area contributed by atoms with Crippen molar-refractivity contribution in [2.24, 2.45) is 0 Å². The normalized spacial score (nSPS) is 17.9. The minimum absolute atomic E-state index is 0.0144. The zero-order valence-electron chi connectivity index (χ0n) is 62.5. The molecule has 3 aromatic heterocycles. The first-order valence-electron chi connectivity index (χ1n) is 38.2. The van der Waals surface area contributed by atoms with Gasteiger partial charge in [0.2, 0.25) is 62.8 Å². The summed E-state index contributed by atoms with van der Waals surface area (Å²) in [6, 6.07) is 9.14. The van der Waals surface area contributed by atoms with Gasteiger partial charge in [-0.3, -0.25) is 0 Å².